The quantitative estimate of drug-likeness (QED) is 0.778. The highest BCUT2D eigenvalue weighted by molar-refractivity contribution is 9.10. The molecule has 0 fully saturated rings. The van der Waals surface area contributed by atoms with Crippen LogP contribution in [0.3, 0.4) is 0 Å². The summed E-state index contributed by atoms with van der Waals surface area (Å²) in [6, 6.07) is 11.6. The van der Waals surface area contributed by atoms with Crippen LogP contribution in [0.4, 0.5) is 5.69 Å². The molecule has 0 atom stereocenters. The van der Waals surface area contributed by atoms with E-state index in [-0.39, 0.29) is 0 Å². The molecule has 0 radical (unpaired) electrons. The van der Waals surface area contributed by atoms with E-state index in [2.05, 4.69) is 15.9 Å². The Labute approximate surface area is 131 Å². The number of aryl methyl sites for hydroxylation is 2. The van der Waals surface area contributed by atoms with Gasteiger partial charge in [0.2, 0.25) is 0 Å². The fourth-order valence-electron chi connectivity index (χ4n) is 2.73. The van der Waals surface area contributed by atoms with Gasteiger partial charge >= 0.3 is 0 Å². The summed E-state index contributed by atoms with van der Waals surface area (Å²) in [5.74, 6) is -0.844. The van der Waals surface area contributed by atoms with Crippen molar-refractivity contribution in [3.63, 3.8) is 0 Å². The third-order valence-electron chi connectivity index (χ3n) is 3.75. The molecule has 0 spiro atoms. The Morgan fingerprint density at radius 1 is 1.05 bits per heavy atom. The smallest absolute Gasteiger partial charge is 0.299 e. The lowest BCUT2D eigenvalue weighted by Crippen LogP contribution is -2.29. The van der Waals surface area contributed by atoms with Crippen molar-refractivity contribution in [1.82, 2.24) is 0 Å². The molecule has 1 heterocycles. The van der Waals surface area contributed by atoms with E-state index in [1.165, 1.54) is 0 Å². The van der Waals surface area contributed by atoms with Crippen LogP contribution in [0.2, 0.25) is 0 Å². The lowest BCUT2D eigenvalue weighted by Gasteiger charge is -2.19. The van der Waals surface area contributed by atoms with Crippen LogP contribution >= 0.6 is 15.9 Å². The number of benzene rings is 2. The number of hydrogen-bond acceptors (Lipinski definition) is 2. The number of carbonyl (C=O) groups excluding carboxylic acids is 2. The SMILES string of the molecule is Cc1ccc(C)c2c1C(=O)C(=O)N2Cc1cccc(Br)c1. The minimum atomic E-state index is -0.442. The van der Waals surface area contributed by atoms with Crippen molar-refractivity contribution in [3.05, 3.63) is 63.1 Å². The van der Waals surface area contributed by atoms with Crippen molar-refractivity contribution < 1.29 is 9.59 Å². The van der Waals surface area contributed by atoms with E-state index in [1.807, 2.05) is 50.2 Å². The molecule has 0 unspecified atom stereocenters. The van der Waals surface area contributed by atoms with Gasteiger partial charge in [-0.15, -0.1) is 0 Å². The lowest BCUT2D eigenvalue weighted by atomic mass is 10.0. The summed E-state index contributed by atoms with van der Waals surface area (Å²) in [6.07, 6.45) is 0. The molecule has 106 valence electrons. The van der Waals surface area contributed by atoms with Crippen molar-refractivity contribution in [2.75, 3.05) is 4.90 Å². The lowest BCUT2D eigenvalue weighted by molar-refractivity contribution is -0.114. The van der Waals surface area contributed by atoms with Gasteiger partial charge in [0, 0.05) is 4.47 Å². The highest BCUT2D eigenvalue weighted by Crippen LogP contribution is 2.35. The molecule has 4 heteroatoms. The molecule has 0 bridgehead atoms. The number of rotatable bonds is 2. The number of fused-ring (bicyclic) bond motifs is 1. The molecule has 0 saturated heterocycles. The molecule has 0 saturated carbocycles. The largest absolute Gasteiger partial charge is 0.300 e. The van der Waals surface area contributed by atoms with Gasteiger partial charge in [-0.1, -0.05) is 40.2 Å². The van der Waals surface area contributed by atoms with Crippen molar-refractivity contribution in [1.29, 1.82) is 0 Å². The summed E-state index contributed by atoms with van der Waals surface area (Å²) < 4.78 is 0.958. The second-order valence-corrected chi connectivity index (χ2v) is 6.19. The number of Topliss-reactive ketones (excluding diaryl/α,β-unsaturated/α-hetero) is 1. The number of anilines is 1. The highest BCUT2D eigenvalue weighted by atomic mass is 79.9. The van der Waals surface area contributed by atoms with E-state index in [0.29, 0.717) is 12.1 Å². The first-order valence-electron chi connectivity index (χ1n) is 6.70. The number of halogens is 1. The second-order valence-electron chi connectivity index (χ2n) is 5.27. The van der Waals surface area contributed by atoms with Crippen LogP contribution < -0.4 is 4.90 Å². The topological polar surface area (TPSA) is 37.4 Å². The van der Waals surface area contributed by atoms with Crippen LogP contribution in [0.15, 0.2) is 40.9 Å². The van der Waals surface area contributed by atoms with Gasteiger partial charge in [-0.2, -0.15) is 0 Å². The molecule has 0 N–H and O–H groups in total. The van der Waals surface area contributed by atoms with Gasteiger partial charge in [0.1, 0.15) is 0 Å². The van der Waals surface area contributed by atoms with Crippen LogP contribution in [-0.2, 0) is 11.3 Å². The molecule has 2 aromatic rings. The van der Waals surface area contributed by atoms with Crippen molar-refractivity contribution >= 4 is 33.3 Å². The molecule has 3 rings (SSSR count). The van der Waals surface area contributed by atoms with Gasteiger partial charge in [0.05, 0.1) is 17.8 Å². The predicted octanol–water partition coefficient (Wildman–Crippen LogP) is 3.80. The molecule has 0 aliphatic carbocycles. The van der Waals surface area contributed by atoms with Crippen molar-refractivity contribution in [2.24, 2.45) is 0 Å². The van der Waals surface area contributed by atoms with Gasteiger partial charge < -0.3 is 4.90 Å². The number of ketones is 1. The normalized spacial score (nSPS) is 13.8. The fourth-order valence-corrected chi connectivity index (χ4v) is 3.18. The summed E-state index contributed by atoms with van der Waals surface area (Å²) in [5, 5.41) is 0. The van der Waals surface area contributed by atoms with Crippen LogP contribution in [-0.4, -0.2) is 11.7 Å². The Kier molecular flexibility index (Phi) is 3.41. The highest BCUT2D eigenvalue weighted by Gasteiger charge is 2.37. The summed E-state index contributed by atoms with van der Waals surface area (Å²) in [5.41, 5.74) is 4.09. The number of amides is 1. The van der Waals surface area contributed by atoms with Gasteiger partial charge in [-0.25, -0.2) is 0 Å². The molecule has 1 amide bonds. The Balaban J connectivity index is 2.08. The Bertz CT molecular complexity index is 767. The summed E-state index contributed by atoms with van der Waals surface area (Å²) >= 11 is 3.43. The van der Waals surface area contributed by atoms with Gasteiger partial charge in [0.25, 0.3) is 11.7 Å². The zero-order valence-corrected chi connectivity index (χ0v) is 13.4. The van der Waals surface area contributed by atoms with Crippen molar-refractivity contribution in [2.45, 2.75) is 20.4 Å². The first-order chi connectivity index (χ1) is 9.99. The Morgan fingerprint density at radius 3 is 2.48 bits per heavy atom. The van der Waals surface area contributed by atoms with Gasteiger partial charge in [-0.05, 0) is 42.7 Å². The van der Waals surface area contributed by atoms with Crippen molar-refractivity contribution in [3.8, 4) is 0 Å². The molecular formula is C17H14BrNO2. The van der Waals surface area contributed by atoms with Gasteiger partial charge in [-0.3, -0.25) is 9.59 Å². The first kappa shape index (κ1) is 14.0. The third-order valence-corrected chi connectivity index (χ3v) is 4.25. The number of nitrogens with zero attached hydrogens (tertiary/aromatic N) is 1. The van der Waals surface area contributed by atoms with Crippen LogP contribution in [0.25, 0.3) is 0 Å². The average molecular weight is 344 g/mol. The van der Waals surface area contributed by atoms with Crippen LogP contribution in [0.1, 0.15) is 27.0 Å². The third kappa shape index (κ3) is 2.29. The van der Waals surface area contributed by atoms with Gasteiger partial charge in [0.15, 0.2) is 0 Å². The second kappa shape index (κ2) is 5.11. The maximum atomic E-state index is 12.3. The van der Waals surface area contributed by atoms with Crippen LogP contribution in [0.5, 0.6) is 0 Å². The minimum Gasteiger partial charge on any atom is -0.300 e. The fraction of sp³-hybridized carbons (Fsp3) is 0.176. The van der Waals surface area contributed by atoms with E-state index >= 15 is 0 Å². The van der Waals surface area contributed by atoms with E-state index in [0.717, 1.165) is 26.9 Å². The Hall–Kier alpha value is -1.94. The van der Waals surface area contributed by atoms with E-state index in [4.69, 9.17) is 0 Å². The first-order valence-corrected chi connectivity index (χ1v) is 7.49. The molecule has 0 aromatic heterocycles. The number of hydrogen-bond donors (Lipinski definition) is 0. The summed E-state index contributed by atoms with van der Waals surface area (Å²) in [4.78, 5) is 26.1. The molecule has 3 nitrogen and oxygen atoms in total. The zero-order valence-electron chi connectivity index (χ0n) is 11.8. The van der Waals surface area contributed by atoms with E-state index < -0.39 is 11.7 Å². The van der Waals surface area contributed by atoms with E-state index in [1.54, 1.807) is 4.90 Å². The molecule has 1 aliphatic rings. The molecular weight excluding hydrogens is 330 g/mol. The summed E-state index contributed by atoms with van der Waals surface area (Å²) in [7, 11) is 0. The maximum Gasteiger partial charge on any atom is 0.299 e. The minimum absolute atomic E-state index is 0.402. The number of carbonyl (C=O) groups is 2. The molecule has 2 aromatic carbocycles. The van der Waals surface area contributed by atoms with E-state index in [9.17, 15) is 9.59 Å². The predicted molar refractivity (Wildman–Crippen MR) is 85.6 cm³/mol. The monoisotopic (exact) mass is 343 g/mol. The van der Waals surface area contributed by atoms with Crippen LogP contribution in [0, 0.1) is 13.8 Å². The molecule has 21 heavy (non-hydrogen) atoms. The zero-order chi connectivity index (χ0) is 15.1. The maximum absolute atomic E-state index is 12.3. The molecule has 1 aliphatic heterocycles. The average Bonchev–Trinajstić information content (AvgIpc) is 2.69. The Morgan fingerprint density at radius 2 is 1.76 bits per heavy atom. The standard InChI is InChI=1S/C17H14BrNO2/c1-10-6-7-11(2)15-14(10)16(20)17(21)19(15)9-12-4-3-5-13(18)8-12/h3-8H,9H2,1-2H3. The summed E-state index contributed by atoms with van der Waals surface area (Å²) in [6.45, 7) is 4.20.